The van der Waals surface area contributed by atoms with Crippen molar-refractivity contribution in [3.8, 4) is 0 Å². The molecule has 1 N–H and O–H groups in total. The lowest BCUT2D eigenvalue weighted by Gasteiger charge is -2.01. The van der Waals surface area contributed by atoms with Crippen molar-refractivity contribution in [1.82, 2.24) is 15.0 Å². The smallest absolute Gasteiger partial charge is 0.222 e. The van der Waals surface area contributed by atoms with Gasteiger partial charge < -0.3 is 5.32 Å². The summed E-state index contributed by atoms with van der Waals surface area (Å²) in [5, 5.41) is 10.5. The molecular formula is C8H12N4O. The second kappa shape index (κ2) is 2.83. The minimum atomic E-state index is -0.0950. The molecule has 2 rings (SSSR count). The number of carbonyl (C=O) groups excluding carboxylic acids is 1. The van der Waals surface area contributed by atoms with Gasteiger partial charge in [0, 0.05) is 19.9 Å². The van der Waals surface area contributed by atoms with Crippen LogP contribution in [0.4, 0.5) is 5.82 Å². The van der Waals surface area contributed by atoms with Crippen molar-refractivity contribution in [1.29, 1.82) is 0 Å². The lowest BCUT2D eigenvalue weighted by atomic mass is 10.3. The molecule has 1 aliphatic carbocycles. The molecule has 0 bridgehead atoms. The van der Waals surface area contributed by atoms with Crippen molar-refractivity contribution in [2.45, 2.75) is 25.7 Å². The van der Waals surface area contributed by atoms with Gasteiger partial charge in [0.05, 0.1) is 5.69 Å². The fourth-order valence-corrected chi connectivity index (χ4v) is 1.43. The van der Waals surface area contributed by atoms with E-state index in [4.69, 9.17) is 0 Å². The number of nitrogens with zero attached hydrogens (tertiary/aromatic N) is 3. The van der Waals surface area contributed by atoms with Gasteiger partial charge >= 0.3 is 0 Å². The van der Waals surface area contributed by atoms with Gasteiger partial charge in [-0.05, 0) is 12.8 Å². The van der Waals surface area contributed by atoms with Crippen LogP contribution in [0.5, 0.6) is 0 Å². The second-order valence-electron chi connectivity index (χ2n) is 3.40. The summed E-state index contributed by atoms with van der Waals surface area (Å²) in [5.74, 6) is 1.07. The maximum atomic E-state index is 10.8. The molecule has 1 amide bonds. The van der Waals surface area contributed by atoms with Crippen LogP contribution in [0, 0.1) is 0 Å². The first-order chi connectivity index (χ1) is 6.18. The lowest BCUT2D eigenvalue weighted by molar-refractivity contribution is -0.114. The molecule has 0 radical (unpaired) electrons. The number of rotatable bonds is 2. The van der Waals surface area contributed by atoms with Crippen LogP contribution in [0.15, 0.2) is 0 Å². The first-order valence-electron chi connectivity index (χ1n) is 4.35. The van der Waals surface area contributed by atoms with E-state index in [1.807, 2.05) is 7.05 Å². The highest BCUT2D eigenvalue weighted by molar-refractivity contribution is 5.88. The van der Waals surface area contributed by atoms with E-state index >= 15 is 0 Å². The molecule has 1 saturated carbocycles. The third-order valence-corrected chi connectivity index (χ3v) is 2.13. The van der Waals surface area contributed by atoms with Crippen molar-refractivity contribution in [2.75, 3.05) is 5.32 Å². The van der Waals surface area contributed by atoms with Crippen LogP contribution in [0.25, 0.3) is 0 Å². The number of aromatic nitrogens is 3. The molecule has 0 atom stereocenters. The Kier molecular flexibility index (Phi) is 1.79. The molecule has 5 nitrogen and oxygen atoms in total. The van der Waals surface area contributed by atoms with E-state index in [1.54, 1.807) is 4.68 Å². The second-order valence-corrected chi connectivity index (χ2v) is 3.40. The summed E-state index contributed by atoms with van der Waals surface area (Å²) in [4.78, 5) is 10.8. The molecule has 1 fully saturated rings. The van der Waals surface area contributed by atoms with Crippen LogP contribution in [0.3, 0.4) is 0 Å². The van der Waals surface area contributed by atoms with Crippen molar-refractivity contribution < 1.29 is 4.79 Å². The van der Waals surface area contributed by atoms with E-state index in [2.05, 4.69) is 15.6 Å². The van der Waals surface area contributed by atoms with Gasteiger partial charge in [0.1, 0.15) is 0 Å². The summed E-state index contributed by atoms with van der Waals surface area (Å²) in [6.45, 7) is 1.48. The zero-order valence-corrected chi connectivity index (χ0v) is 7.74. The van der Waals surface area contributed by atoms with Crippen LogP contribution >= 0.6 is 0 Å². The number of anilines is 1. The molecule has 0 unspecified atom stereocenters. The molecule has 70 valence electrons. The van der Waals surface area contributed by atoms with E-state index in [0.29, 0.717) is 11.7 Å². The summed E-state index contributed by atoms with van der Waals surface area (Å²) in [6.07, 6.45) is 2.35. The fourth-order valence-electron chi connectivity index (χ4n) is 1.43. The van der Waals surface area contributed by atoms with Crippen molar-refractivity contribution >= 4 is 11.7 Å². The summed E-state index contributed by atoms with van der Waals surface area (Å²) < 4.78 is 1.74. The standard InChI is InChI=1S/C8H12N4O/c1-5(13)9-8-7(6-3-4-6)12(2)11-10-8/h6H,3-4H2,1-2H3,(H,9,13). The Morgan fingerprint density at radius 3 is 2.85 bits per heavy atom. The highest BCUT2D eigenvalue weighted by Crippen LogP contribution is 2.42. The van der Waals surface area contributed by atoms with E-state index < -0.39 is 0 Å². The minimum Gasteiger partial charge on any atom is -0.308 e. The molecule has 1 aliphatic rings. The average molecular weight is 180 g/mol. The molecule has 1 aromatic heterocycles. The Labute approximate surface area is 76.1 Å². The highest BCUT2D eigenvalue weighted by atomic mass is 16.1. The predicted octanol–water partition coefficient (Wildman–Crippen LogP) is 0.651. The number of nitrogens with one attached hydrogen (secondary N) is 1. The fraction of sp³-hybridized carbons (Fsp3) is 0.625. The van der Waals surface area contributed by atoms with Crippen molar-refractivity contribution in [2.24, 2.45) is 7.05 Å². The van der Waals surface area contributed by atoms with Gasteiger partial charge in [0.25, 0.3) is 0 Å². The van der Waals surface area contributed by atoms with Gasteiger partial charge in [0.2, 0.25) is 5.91 Å². The van der Waals surface area contributed by atoms with E-state index in [-0.39, 0.29) is 5.91 Å². The molecular weight excluding hydrogens is 168 g/mol. The number of hydrogen-bond donors (Lipinski definition) is 1. The SMILES string of the molecule is CC(=O)Nc1nnn(C)c1C1CC1. The average Bonchev–Trinajstić information content (AvgIpc) is 2.79. The van der Waals surface area contributed by atoms with E-state index in [9.17, 15) is 4.79 Å². The Morgan fingerprint density at radius 1 is 1.62 bits per heavy atom. The Morgan fingerprint density at radius 2 is 2.31 bits per heavy atom. The number of amides is 1. The summed E-state index contributed by atoms with van der Waals surface area (Å²) in [5.41, 5.74) is 1.05. The Bertz CT molecular complexity index is 340. The number of carbonyl (C=O) groups is 1. The van der Waals surface area contributed by atoms with E-state index in [0.717, 1.165) is 5.69 Å². The Balaban J connectivity index is 2.28. The largest absolute Gasteiger partial charge is 0.308 e. The van der Waals surface area contributed by atoms with E-state index in [1.165, 1.54) is 19.8 Å². The maximum Gasteiger partial charge on any atom is 0.222 e. The number of aryl methyl sites for hydroxylation is 1. The van der Waals surface area contributed by atoms with Crippen LogP contribution < -0.4 is 5.32 Å². The third-order valence-electron chi connectivity index (χ3n) is 2.13. The van der Waals surface area contributed by atoms with Crippen LogP contribution in [0.2, 0.25) is 0 Å². The molecule has 1 heterocycles. The zero-order valence-electron chi connectivity index (χ0n) is 7.74. The first kappa shape index (κ1) is 8.22. The van der Waals surface area contributed by atoms with Crippen LogP contribution in [-0.4, -0.2) is 20.9 Å². The maximum absolute atomic E-state index is 10.8. The van der Waals surface area contributed by atoms with Gasteiger partial charge in [-0.3, -0.25) is 4.79 Å². The molecule has 0 aliphatic heterocycles. The molecule has 0 aromatic carbocycles. The molecule has 5 heteroatoms. The van der Waals surface area contributed by atoms with Gasteiger partial charge in [-0.2, -0.15) is 0 Å². The van der Waals surface area contributed by atoms with Gasteiger partial charge in [-0.1, -0.05) is 5.21 Å². The molecule has 13 heavy (non-hydrogen) atoms. The normalized spacial score (nSPS) is 15.8. The monoisotopic (exact) mass is 180 g/mol. The summed E-state index contributed by atoms with van der Waals surface area (Å²) in [7, 11) is 1.85. The highest BCUT2D eigenvalue weighted by Gasteiger charge is 2.30. The minimum absolute atomic E-state index is 0.0950. The van der Waals surface area contributed by atoms with Gasteiger partial charge in [-0.15, -0.1) is 5.10 Å². The predicted molar refractivity (Wildman–Crippen MR) is 47.3 cm³/mol. The first-order valence-corrected chi connectivity index (χ1v) is 4.35. The Hall–Kier alpha value is -1.39. The van der Waals surface area contributed by atoms with Gasteiger partial charge in [-0.25, -0.2) is 4.68 Å². The topological polar surface area (TPSA) is 59.8 Å². The molecule has 0 saturated heterocycles. The molecule has 0 spiro atoms. The van der Waals surface area contributed by atoms with Gasteiger partial charge in [0.15, 0.2) is 5.82 Å². The van der Waals surface area contributed by atoms with Crippen LogP contribution in [0.1, 0.15) is 31.4 Å². The quantitative estimate of drug-likeness (QED) is 0.727. The third kappa shape index (κ3) is 1.54. The van der Waals surface area contributed by atoms with Crippen LogP contribution in [-0.2, 0) is 11.8 Å². The lowest BCUT2D eigenvalue weighted by Crippen LogP contribution is -2.08. The van der Waals surface area contributed by atoms with Crippen molar-refractivity contribution in [3.05, 3.63) is 5.69 Å². The molecule has 1 aromatic rings. The summed E-state index contributed by atoms with van der Waals surface area (Å²) >= 11 is 0. The summed E-state index contributed by atoms with van der Waals surface area (Å²) in [6, 6.07) is 0. The van der Waals surface area contributed by atoms with Crippen molar-refractivity contribution in [3.63, 3.8) is 0 Å². The zero-order chi connectivity index (χ0) is 9.42. The number of hydrogen-bond acceptors (Lipinski definition) is 3.